The van der Waals surface area contributed by atoms with E-state index in [-0.39, 0.29) is 29.9 Å². The molecule has 1 aliphatic carbocycles. The van der Waals surface area contributed by atoms with Crippen molar-refractivity contribution in [1.29, 1.82) is 0 Å². The third-order valence-corrected chi connectivity index (χ3v) is 7.73. The van der Waals surface area contributed by atoms with Crippen LogP contribution in [0, 0.1) is 12.5 Å². The summed E-state index contributed by atoms with van der Waals surface area (Å²) in [5.74, 6) is -0.756. The van der Waals surface area contributed by atoms with Crippen LogP contribution in [0.15, 0.2) is 0 Å². The summed E-state index contributed by atoms with van der Waals surface area (Å²) >= 11 is 0. The minimum atomic E-state index is -0.806. The molecule has 0 aromatic rings. The van der Waals surface area contributed by atoms with Gasteiger partial charge in [-0.25, -0.2) is 11.4 Å². The fraction of sp³-hybridized carbons (Fsp3) is 0.880. The fourth-order valence-electron chi connectivity index (χ4n) is 5.66. The molecule has 3 saturated heterocycles. The second-order valence-corrected chi connectivity index (χ2v) is 10.8. The summed E-state index contributed by atoms with van der Waals surface area (Å²) in [6.07, 6.45) is 1.55. The van der Waals surface area contributed by atoms with Crippen molar-refractivity contribution in [1.82, 2.24) is 10.2 Å². The molecule has 6 atom stereocenters. The summed E-state index contributed by atoms with van der Waals surface area (Å²) < 4.78 is 28.5. The average Bonchev–Trinajstić information content (AvgIpc) is 3.48. The molecule has 10 nitrogen and oxygen atoms in total. The molecule has 1 unspecified atom stereocenters. The Bertz CT molecular complexity index is 820. The maximum absolute atomic E-state index is 12.7. The number of ketones is 1. The Morgan fingerprint density at radius 2 is 1.91 bits per heavy atom. The first kappa shape index (κ1) is 26.3. The number of hydrogen-bond donors (Lipinski definition) is 1. The van der Waals surface area contributed by atoms with Crippen molar-refractivity contribution in [2.45, 2.75) is 102 Å². The number of carbonyl (C=O) groups is 2. The van der Waals surface area contributed by atoms with Gasteiger partial charge in [0.15, 0.2) is 30.1 Å². The van der Waals surface area contributed by atoms with Gasteiger partial charge in [0.05, 0.1) is 19.1 Å². The fourth-order valence-corrected chi connectivity index (χ4v) is 5.66. The van der Waals surface area contributed by atoms with Crippen molar-refractivity contribution in [3.63, 3.8) is 0 Å². The number of hydrogen-bond acceptors (Lipinski definition) is 9. The number of Topliss-reactive ketones (excluding diaryl/α,β-unsaturated/α-hetero) is 1. The number of fused-ring (bicyclic) bond motifs is 1. The molecule has 0 radical (unpaired) electrons. The van der Waals surface area contributed by atoms with E-state index in [0.29, 0.717) is 13.1 Å². The minimum absolute atomic E-state index is 0.117. The summed E-state index contributed by atoms with van der Waals surface area (Å²) in [5.41, 5.74) is -0.136. The largest absolute Gasteiger partial charge is 0.508 e. The molecule has 0 aromatic heterocycles. The topological polar surface area (TPSA) is 99.9 Å². The van der Waals surface area contributed by atoms with Gasteiger partial charge in [-0.3, -0.25) is 4.79 Å². The van der Waals surface area contributed by atoms with Crippen LogP contribution in [0.3, 0.4) is 0 Å². The molecule has 3 heterocycles. The third-order valence-electron chi connectivity index (χ3n) is 7.73. The predicted molar refractivity (Wildman–Crippen MR) is 125 cm³/mol. The number of likely N-dealkylation sites (tertiary alicyclic amines) is 1. The average molecular weight is 494 g/mol. The van der Waals surface area contributed by atoms with E-state index in [4.69, 9.17) is 30.3 Å². The van der Waals surface area contributed by atoms with Gasteiger partial charge >= 0.3 is 6.16 Å². The van der Waals surface area contributed by atoms with Crippen LogP contribution in [0.25, 0.3) is 4.85 Å². The smallest absolute Gasteiger partial charge is 0.435 e. The zero-order valence-corrected chi connectivity index (χ0v) is 21.3. The molecule has 0 spiro atoms. The summed E-state index contributed by atoms with van der Waals surface area (Å²) in [6.45, 7) is 17.6. The van der Waals surface area contributed by atoms with E-state index in [1.807, 2.05) is 13.8 Å². The van der Waals surface area contributed by atoms with E-state index in [9.17, 15) is 9.59 Å². The van der Waals surface area contributed by atoms with Gasteiger partial charge in [-0.2, -0.15) is 0 Å². The lowest BCUT2D eigenvalue weighted by Gasteiger charge is -2.41. The van der Waals surface area contributed by atoms with Crippen LogP contribution < -0.4 is 5.32 Å². The highest BCUT2D eigenvalue weighted by atomic mass is 16.9. The van der Waals surface area contributed by atoms with Crippen molar-refractivity contribution in [3.05, 3.63) is 11.4 Å². The van der Waals surface area contributed by atoms with Crippen molar-refractivity contribution < 1.29 is 33.3 Å². The number of ether oxygens (including phenoxy) is 5. The molecule has 0 bridgehead atoms. The van der Waals surface area contributed by atoms with E-state index in [1.54, 1.807) is 6.92 Å². The maximum Gasteiger partial charge on any atom is 0.508 e. The van der Waals surface area contributed by atoms with E-state index in [0.717, 1.165) is 45.2 Å². The Labute approximate surface area is 207 Å². The van der Waals surface area contributed by atoms with Gasteiger partial charge in [0, 0.05) is 18.5 Å². The molecule has 4 aliphatic rings. The number of piperidine rings is 1. The lowest BCUT2D eigenvalue weighted by Crippen LogP contribution is -2.55. The third kappa shape index (κ3) is 6.15. The van der Waals surface area contributed by atoms with Gasteiger partial charge in [-0.1, -0.05) is 0 Å². The lowest BCUT2D eigenvalue weighted by molar-refractivity contribution is -0.217. The summed E-state index contributed by atoms with van der Waals surface area (Å²) in [5, 5.41) is 3.49. The normalized spacial score (nSPS) is 35.9. The highest BCUT2D eigenvalue weighted by Gasteiger charge is 2.57. The SMILES string of the molecule is [C-]#[N+][C@@H]1CCCC1C(=O)CNC1(C)CCN(C[C@H]2O[C@@H]3OC(C)(C)O[C@@H]3[C@H]2OC(=O)OCC)CC1. The Kier molecular flexibility index (Phi) is 8.03. The van der Waals surface area contributed by atoms with Crippen LogP contribution in [-0.2, 0) is 28.5 Å². The Morgan fingerprint density at radius 3 is 2.60 bits per heavy atom. The van der Waals surface area contributed by atoms with E-state index < -0.39 is 36.5 Å². The van der Waals surface area contributed by atoms with Crippen LogP contribution in [0.1, 0.15) is 59.8 Å². The monoisotopic (exact) mass is 493 g/mol. The molecule has 10 heteroatoms. The molecule has 196 valence electrons. The van der Waals surface area contributed by atoms with Crippen molar-refractivity contribution in [2.24, 2.45) is 5.92 Å². The summed E-state index contributed by atoms with van der Waals surface area (Å²) in [6, 6.07) is -0.145. The van der Waals surface area contributed by atoms with Crippen LogP contribution >= 0.6 is 0 Å². The number of nitrogens with one attached hydrogen (secondary N) is 1. The Morgan fingerprint density at radius 1 is 1.17 bits per heavy atom. The van der Waals surface area contributed by atoms with Crippen molar-refractivity contribution >= 4 is 11.9 Å². The van der Waals surface area contributed by atoms with E-state index in [2.05, 4.69) is 22.0 Å². The molecule has 3 aliphatic heterocycles. The van der Waals surface area contributed by atoms with Crippen molar-refractivity contribution in [2.75, 3.05) is 32.8 Å². The summed E-state index contributed by atoms with van der Waals surface area (Å²) in [7, 11) is 0. The molecule has 4 fully saturated rings. The highest BCUT2D eigenvalue weighted by molar-refractivity contribution is 5.84. The first-order valence-electron chi connectivity index (χ1n) is 12.8. The Balaban J connectivity index is 1.28. The quantitative estimate of drug-likeness (QED) is 0.404. The van der Waals surface area contributed by atoms with Gasteiger partial charge in [0.1, 0.15) is 6.10 Å². The molecule has 0 amide bonds. The summed E-state index contributed by atoms with van der Waals surface area (Å²) in [4.78, 5) is 30.7. The number of rotatable bonds is 8. The van der Waals surface area contributed by atoms with Crippen molar-refractivity contribution in [3.8, 4) is 0 Å². The number of carbonyl (C=O) groups excluding carboxylic acids is 2. The maximum atomic E-state index is 12.7. The molecule has 1 N–H and O–H groups in total. The van der Waals surface area contributed by atoms with Gasteiger partial charge < -0.3 is 38.7 Å². The van der Waals surface area contributed by atoms with E-state index in [1.165, 1.54) is 0 Å². The number of nitrogens with zero attached hydrogens (tertiary/aromatic N) is 2. The molecule has 1 saturated carbocycles. The molecule has 0 aromatic carbocycles. The van der Waals surface area contributed by atoms with E-state index >= 15 is 0 Å². The van der Waals surface area contributed by atoms with Gasteiger partial charge in [0.2, 0.25) is 6.04 Å². The zero-order valence-electron chi connectivity index (χ0n) is 21.3. The molecule has 35 heavy (non-hydrogen) atoms. The second kappa shape index (κ2) is 10.7. The van der Waals surface area contributed by atoms with Crippen LogP contribution in [0.2, 0.25) is 0 Å². The van der Waals surface area contributed by atoms with Gasteiger partial charge in [-0.05, 0) is 66.5 Å². The first-order chi connectivity index (χ1) is 16.6. The van der Waals surface area contributed by atoms with Crippen LogP contribution in [-0.4, -0.2) is 91.6 Å². The lowest BCUT2D eigenvalue weighted by atomic mass is 9.88. The van der Waals surface area contributed by atoms with Gasteiger partial charge in [0.25, 0.3) is 0 Å². The van der Waals surface area contributed by atoms with Gasteiger partial charge in [-0.15, -0.1) is 0 Å². The second-order valence-electron chi connectivity index (χ2n) is 10.8. The highest BCUT2D eigenvalue weighted by Crippen LogP contribution is 2.39. The predicted octanol–water partition coefficient (Wildman–Crippen LogP) is 2.51. The molecular formula is C25H39N3O7. The molecule has 4 rings (SSSR count). The van der Waals surface area contributed by atoms with Crippen LogP contribution in [0.5, 0.6) is 0 Å². The first-order valence-corrected chi connectivity index (χ1v) is 12.8. The molecular weight excluding hydrogens is 454 g/mol. The standard InChI is InChI=1S/C25H39N3O7/c1-6-31-23(30)33-20-19(32-22-21(20)34-24(2,3)35-22)15-28-12-10-25(4,11-13-28)27-14-18(29)16-8-7-9-17(16)26-5/h16-17,19-22,27H,6-15H2,1-4H3/t16?,17-,19-,20+,21-,22-/m1/s1. The van der Waals surface area contributed by atoms with Crippen LogP contribution in [0.4, 0.5) is 4.79 Å². The zero-order chi connectivity index (χ0) is 25.2. The minimum Gasteiger partial charge on any atom is -0.435 e. The Hall–Kier alpha value is -1.77.